The molecule has 0 unspecified atom stereocenters. The Morgan fingerprint density at radius 2 is 1.82 bits per heavy atom. The van der Waals surface area contributed by atoms with Crippen LogP contribution in [0.3, 0.4) is 0 Å². The predicted molar refractivity (Wildman–Crippen MR) is 111 cm³/mol. The van der Waals surface area contributed by atoms with Gasteiger partial charge < -0.3 is 9.64 Å². The van der Waals surface area contributed by atoms with E-state index >= 15 is 0 Å². The molecule has 7 nitrogen and oxygen atoms in total. The number of carbonyl (C=O) groups excluding carboxylic acids is 1. The molecule has 3 aromatic rings. The van der Waals surface area contributed by atoms with Crippen LogP contribution in [0.5, 0.6) is 5.88 Å². The maximum Gasteiger partial charge on any atom is 0.417 e. The highest BCUT2D eigenvalue weighted by Crippen LogP contribution is 2.41. The zero-order chi connectivity index (χ0) is 24.0. The SMILES string of the molecule is Cc1ccnc(C(=O)N2C[C@H]3C[C@@H](Oc4ccc(C(F)(F)F)cn4)[C@@H]2C3)c1-c1ncc(F)cn1. The summed E-state index contributed by atoms with van der Waals surface area (Å²) in [5.74, 6) is -0.447. The summed E-state index contributed by atoms with van der Waals surface area (Å²) in [6, 6.07) is 3.56. The topological polar surface area (TPSA) is 81.1 Å². The zero-order valence-corrected chi connectivity index (χ0v) is 18.0. The van der Waals surface area contributed by atoms with Gasteiger partial charge in [-0.15, -0.1) is 0 Å². The molecule has 0 radical (unpaired) electrons. The summed E-state index contributed by atoms with van der Waals surface area (Å²) in [4.78, 5) is 31.3. The summed E-state index contributed by atoms with van der Waals surface area (Å²) in [5, 5.41) is 0. The van der Waals surface area contributed by atoms with Gasteiger partial charge in [-0.3, -0.25) is 9.78 Å². The summed E-state index contributed by atoms with van der Waals surface area (Å²) >= 11 is 0. The van der Waals surface area contributed by atoms with Crippen LogP contribution in [-0.2, 0) is 6.18 Å². The van der Waals surface area contributed by atoms with Gasteiger partial charge in [-0.2, -0.15) is 13.2 Å². The van der Waals surface area contributed by atoms with Crippen molar-refractivity contribution < 1.29 is 27.1 Å². The molecule has 34 heavy (non-hydrogen) atoms. The number of hydrogen-bond donors (Lipinski definition) is 0. The van der Waals surface area contributed by atoms with Gasteiger partial charge in [0.15, 0.2) is 11.6 Å². The second-order valence-electron chi connectivity index (χ2n) is 8.48. The monoisotopic (exact) mass is 473 g/mol. The van der Waals surface area contributed by atoms with Gasteiger partial charge in [-0.05, 0) is 43.4 Å². The number of rotatable bonds is 4. The average molecular weight is 473 g/mol. The first kappa shape index (κ1) is 22.2. The van der Waals surface area contributed by atoms with E-state index in [-0.39, 0.29) is 35.3 Å². The third kappa shape index (κ3) is 4.06. The molecule has 2 bridgehead atoms. The number of amides is 1. The van der Waals surface area contributed by atoms with Crippen molar-refractivity contribution in [2.45, 2.75) is 38.1 Å². The molecular formula is C23H19F4N5O2. The van der Waals surface area contributed by atoms with E-state index in [1.54, 1.807) is 17.9 Å². The summed E-state index contributed by atoms with van der Waals surface area (Å²) < 4.78 is 57.6. The summed E-state index contributed by atoms with van der Waals surface area (Å²) in [6.45, 7) is 2.31. The number of pyridine rings is 2. The molecule has 4 heterocycles. The van der Waals surface area contributed by atoms with Crippen LogP contribution in [0.2, 0.25) is 0 Å². The van der Waals surface area contributed by atoms with Crippen molar-refractivity contribution in [2.75, 3.05) is 6.54 Å². The van der Waals surface area contributed by atoms with Crippen LogP contribution in [0, 0.1) is 18.7 Å². The van der Waals surface area contributed by atoms with Gasteiger partial charge in [0.25, 0.3) is 5.91 Å². The first-order valence-corrected chi connectivity index (χ1v) is 10.6. The Bertz CT molecular complexity index is 1220. The lowest BCUT2D eigenvalue weighted by molar-refractivity contribution is -0.137. The lowest BCUT2D eigenvalue weighted by Gasteiger charge is -2.33. The molecule has 1 saturated carbocycles. The maximum atomic E-state index is 13.5. The van der Waals surface area contributed by atoms with E-state index in [4.69, 9.17) is 4.74 Å². The van der Waals surface area contributed by atoms with Crippen molar-refractivity contribution in [3.05, 3.63) is 65.6 Å². The molecule has 11 heteroatoms. The molecule has 0 aromatic carbocycles. The fourth-order valence-corrected chi connectivity index (χ4v) is 4.68. The van der Waals surface area contributed by atoms with Gasteiger partial charge >= 0.3 is 6.18 Å². The van der Waals surface area contributed by atoms with Gasteiger partial charge in [0.1, 0.15) is 11.8 Å². The highest BCUT2D eigenvalue weighted by molar-refractivity contribution is 5.99. The maximum absolute atomic E-state index is 13.5. The van der Waals surface area contributed by atoms with Crippen molar-refractivity contribution in [1.29, 1.82) is 0 Å². The normalized spacial score (nSPS) is 21.7. The quantitative estimate of drug-likeness (QED) is 0.532. The average Bonchev–Trinajstić information content (AvgIpc) is 3.40. The van der Waals surface area contributed by atoms with Gasteiger partial charge in [0, 0.05) is 25.0 Å². The summed E-state index contributed by atoms with van der Waals surface area (Å²) in [5.41, 5.74) is 0.449. The number of likely N-dealkylation sites (tertiary alicyclic amines) is 1. The number of halogens is 4. The van der Waals surface area contributed by atoms with E-state index in [9.17, 15) is 22.4 Å². The molecular weight excluding hydrogens is 454 g/mol. The second-order valence-corrected chi connectivity index (χ2v) is 8.48. The minimum absolute atomic E-state index is 0.0760. The van der Waals surface area contributed by atoms with Gasteiger partial charge in [0.2, 0.25) is 5.88 Å². The van der Waals surface area contributed by atoms with Crippen LogP contribution in [0.1, 0.15) is 34.5 Å². The molecule has 1 aliphatic carbocycles. The highest BCUT2D eigenvalue weighted by Gasteiger charge is 2.49. The molecule has 0 spiro atoms. The molecule has 5 rings (SSSR count). The van der Waals surface area contributed by atoms with Crippen molar-refractivity contribution in [1.82, 2.24) is 24.8 Å². The summed E-state index contributed by atoms with van der Waals surface area (Å²) in [7, 11) is 0. The lowest BCUT2D eigenvalue weighted by atomic mass is 10.0. The van der Waals surface area contributed by atoms with Gasteiger partial charge in [-0.25, -0.2) is 19.3 Å². The Balaban J connectivity index is 1.38. The number of carbonyl (C=O) groups is 1. The molecule has 1 amide bonds. The molecule has 1 aliphatic heterocycles. The van der Waals surface area contributed by atoms with E-state index in [0.29, 0.717) is 24.9 Å². The van der Waals surface area contributed by atoms with Crippen molar-refractivity contribution in [3.8, 4) is 17.3 Å². The number of alkyl halides is 3. The van der Waals surface area contributed by atoms with Gasteiger partial charge in [0.05, 0.1) is 29.6 Å². The van der Waals surface area contributed by atoms with E-state index in [1.165, 1.54) is 12.3 Å². The van der Waals surface area contributed by atoms with Crippen molar-refractivity contribution in [2.24, 2.45) is 5.92 Å². The Morgan fingerprint density at radius 3 is 2.47 bits per heavy atom. The van der Waals surface area contributed by atoms with E-state index in [1.807, 2.05) is 0 Å². The van der Waals surface area contributed by atoms with E-state index < -0.39 is 23.7 Å². The number of aromatic nitrogens is 4. The van der Waals surface area contributed by atoms with Crippen LogP contribution >= 0.6 is 0 Å². The number of nitrogens with zero attached hydrogens (tertiary/aromatic N) is 5. The molecule has 176 valence electrons. The van der Waals surface area contributed by atoms with E-state index in [0.717, 1.165) is 30.2 Å². The molecule has 1 saturated heterocycles. The minimum atomic E-state index is -4.48. The number of fused-ring (bicyclic) bond motifs is 2. The first-order chi connectivity index (χ1) is 16.2. The third-order valence-electron chi connectivity index (χ3n) is 6.23. The summed E-state index contributed by atoms with van der Waals surface area (Å²) in [6.07, 6.45) is 0.818. The second kappa shape index (κ2) is 8.30. The minimum Gasteiger partial charge on any atom is -0.472 e. The highest BCUT2D eigenvalue weighted by atomic mass is 19.4. The number of hydrogen-bond acceptors (Lipinski definition) is 6. The van der Waals surface area contributed by atoms with E-state index in [2.05, 4.69) is 19.9 Å². The number of ether oxygens (including phenoxy) is 1. The Kier molecular flexibility index (Phi) is 5.41. The van der Waals surface area contributed by atoms with Crippen LogP contribution < -0.4 is 4.74 Å². The molecule has 3 atom stereocenters. The first-order valence-electron chi connectivity index (χ1n) is 10.6. The Morgan fingerprint density at radius 1 is 1.06 bits per heavy atom. The molecule has 2 aliphatic rings. The van der Waals surface area contributed by atoms with Crippen LogP contribution in [-0.4, -0.2) is 49.4 Å². The zero-order valence-electron chi connectivity index (χ0n) is 18.0. The standard InChI is InChI=1S/C23H19F4N5O2/c1-12-4-5-28-20(19(12)21-30-9-15(24)10-31-21)22(33)32-11-13-6-16(32)17(7-13)34-18-3-2-14(8-29-18)23(25,26)27/h2-5,8-10,13,16-17H,6-7,11H2,1H3/t13-,16+,17-/m1/s1. The van der Waals surface area contributed by atoms with Crippen LogP contribution in [0.15, 0.2) is 43.0 Å². The molecule has 3 aromatic heterocycles. The van der Waals surface area contributed by atoms with Crippen LogP contribution in [0.4, 0.5) is 17.6 Å². The Labute approximate surface area is 191 Å². The fourth-order valence-electron chi connectivity index (χ4n) is 4.68. The Hall–Kier alpha value is -3.63. The predicted octanol–water partition coefficient (Wildman–Crippen LogP) is 4.08. The lowest BCUT2D eigenvalue weighted by Crippen LogP contribution is -2.47. The largest absolute Gasteiger partial charge is 0.472 e. The number of aryl methyl sites for hydroxylation is 1. The molecule has 2 fully saturated rings. The number of piperidine rings is 1. The van der Waals surface area contributed by atoms with Crippen LogP contribution in [0.25, 0.3) is 11.4 Å². The van der Waals surface area contributed by atoms with Crippen molar-refractivity contribution >= 4 is 5.91 Å². The van der Waals surface area contributed by atoms with Crippen molar-refractivity contribution in [3.63, 3.8) is 0 Å². The van der Waals surface area contributed by atoms with Gasteiger partial charge in [-0.1, -0.05) is 0 Å². The molecule has 0 N–H and O–H groups in total. The smallest absolute Gasteiger partial charge is 0.417 e. The third-order valence-corrected chi connectivity index (χ3v) is 6.23. The fraction of sp³-hybridized carbons (Fsp3) is 0.348.